The number of nitrogens with one attached hydrogen (secondary N) is 2. The summed E-state index contributed by atoms with van der Waals surface area (Å²) in [7, 11) is 0. The molecule has 2 heterocycles. The zero-order valence-electron chi connectivity index (χ0n) is 12.8. The average molecular weight is 394 g/mol. The molecule has 1 saturated heterocycles. The van der Waals surface area contributed by atoms with Crippen LogP contribution in [0.15, 0.2) is 18.2 Å². The van der Waals surface area contributed by atoms with Crippen molar-refractivity contribution >= 4 is 45.2 Å². The zero-order chi connectivity index (χ0) is 17.3. The van der Waals surface area contributed by atoms with Crippen LogP contribution >= 0.6 is 15.9 Å². The third kappa shape index (κ3) is 3.19. The fraction of sp³-hybridized carbons (Fsp3) is 0.375. The van der Waals surface area contributed by atoms with Crippen LogP contribution in [0.25, 0.3) is 0 Å². The van der Waals surface area contributed by atoms with E-state index in [0.717, 1.165) is 5.56 Å². The minimum Gasteiger partial charge on any atom is -0.326 e. The molecule has 2 aliphatic heterocycles. The number of imide groups is 1. The van der Waals surface area contributed by atoms with Gasteiger partial charge < -0.3 is 10.2 Å². The van der Waals surface area contributed by atoms with E-state index >= 15 is 0 Å². The van der Waals surface area contributed by atoms with Gasteiger partial charge >= 0.3 is 0 Å². The summed E-state index contributed by atoms with van der Waals surface area (Å²) in [6.45, 7) is 0.294. The van der Waals surface area contributed by atoms with E-state index < -0.39 is 11.9 Å². The molecule has 8 heteroatoms. The molecule has 0 aliphatic carbocycles. The highest BCUT2D eigenvalue weighted by molar-refractivity contribution is 9.09. The predicted octanol–water partition coefficient (Wildman–Crippen LogP) is 1.17. The highest BCUT2D eigenvalue weighted by Crippen LogP contribution is 2.29. The SMILES string of the molecule is O=C1CCC(N2Cc3cc(NC(=O)CCBr)ccc3C2=O)C(=O)N1. The van der Waals surface area contributed by atoms with Crippen LogP contribution in [0.3, 0.4) is 0 Å². The number of piperidine rings is 1. The first-order valence-corrected chi connectivity index (χ1v) is 8.75. The van der Waals surface area contributed by atoms with Gasteiger partial charge in [-0.2, -0.15) is 0 Å². The Hall–Kier alpha value is -2.22. The van der Waals surface area contributed by atoms with Crippen molar-refractivity contribution < 1.29 is 19.2 Å². The Morgan fingerprint density at radius 3 is 2.83 bits per heavy atom. The molecule has 2 N–H and O–H groups in total. The summed E-state index contributed by atoms with van der Waals surface area (Å²) in [6.07, 6.45) is 0.919. The van der Waals surface area contributed by atoms with Crippen molar-refractivity contribution in [3.8, 4) is 0 Å². The molecule has 1 aromatic carbocycles. The maximum absolute atomic E-state index is 12.5. The Balaban J connectivity index is 1.76. The standard InChI is InChI=1S/C16H16BrN3O4/c17-6-5-14(22)18-10-1-2-11-9(7-10)8-20(16(11)24)12-3-4-13(21)19-15(12)23/h1-2,7,12H,3-6,8H2,(H,18,22)(H,19,21,23). The topological polar surface area (TPSA) is 95.6 Å². The summed E-state index contributed by atoms with van der Waals surface area (Å²) >= 11 is 3.21. The summed E-state index contributed by atoms with van der Waals surface area (Å²) in [6, 6.07) is 4.46. The third-order valence-corrected chi connectivity index (χ3v) is 4.53. The normalized spacial score (nSPS) is 20.0. The van der Waals surface area contributed by atoms with Crippen molar-refractivity contribution in [2.24, 2.45) is 0 Å². The molecule has 0 radical (unpaired) electrons. The number of fused-ring (bicyclic) bond motifs is 1. The highest BCUT2D eigenvalue weighted by Gasteiger charge is 2.39. The van der Waals surface area contributed by atoms with E-state index in [2.05, 4.69) is 26.6 Å². The maximum Gasteiger partial charge on any atom is 0.255 e. The number of carbonyl (C=O) groups is 4. The second-order valence-electron chi connectivity index (χ2n) is 5.76. The molecule has 1 aromatic rings. The quantitative estimate of drug-likeness (QED) is 0.592. The van der Waals surface area contributed by atoms with Crippen molar-refractivity contribution in [3.63, 3.8) is 0 Å². The van der Waals surface area contributed by atoms with Gasteiger partial charge in [0.05, 0.1) is 0 Å². The molecule has 7 nitrogen and oxygen atoms in total. The largest absolute Gasteiger partial charge is 0.326 e. The molecule has 0 spiro atoms. The van der Waals surface area contributed by atoms with E-state index in [1.54, 1.807) is 18.2 Å². The Kier molecular flexibility index (Phi) is 4.66. The van der Waals surface area contributed by atoms with Gasteiger partial charge in [0.1, 0.15) is 6.04 Å². The summed E-state index contributed by atoms with van der Waals surface area (Å²) < 4.78 is 0. The van der Waals surface area contributed by atoms with Crippen molar-refractivity contribution in [2.75, 3.05) is 10.6 Å². The van der Waals surface area contributed by atoms with E-state index in [4.69, 9.17) is 0 Å². The first-order chi connectivity index (χ1) is 11.5. The number of nitrogens with zero attached hydrogens (tertiary/aromatic N) is 1. The number of halogens is 1. The Morgan fingerprint density at radius 2 is 2.12 bits per heavy atom. The summed E-state index contributed by atoms with van der Waals surface area (Å²) in [5.41, 5.74) is 1.91. The van der Waals surface area contributed by atoms with Crippen LogP contribution in [0.2, 0.25) is 0 Å². The first-order valence-electron chi connectivity index (χ1n) is 7.63. The predicted molar refractivity (Wildman–Crippen MR) is 89.5 cm³/mol. The second kappa shape index (κ2) is 6.72. The number of amides is 4. The van der Waals surface area contributed by atoms with E-state index in [0.29, 0.717) is 36.0 Å². The lowest BCUT2D eigenvalue weighted by Gasteiger charge is -2.29. The Bertz CT molecular complexity index is 734. The Morgan fingerprint density at radius 1 is 1.33 bits per heavy atom. The van der Waals surface area contributed by atoms with E-state index in [1.807, 2.05) is 0 Å². The van der Waals surface area contributed by atoms with Gasteiger partial charge in [-0.3, -0.25) is 24.5 Å². The lowest BCUT2D eigenvalue weighted by Crippen LogP contribution is -2.52. The molecule has 0 aromatic heterocycles. The van der Waals surface area contributed by atoms with Crippen LogP contribution in [0.4, 0.5) is 5.69 Å². The van der Waals surface area contributed by atoms with Crippen molar-refractivity contribution in [1.82, 2.24) is 10.2 Å². The van der Waals surface area contributed by atoms with Crippen LogP contribution in [0, 0.1) is 0 Å². The number of hydrogen-bond donors (Lipinski definition) is 2. The number of anilines is 1. The Labute approximate surface area is 146 Å². The molecule has 2 aliphatic rings. The fourth-order valence-corrected chi connectivity index (χ4v) is 3.32. The van der Waals surface area contributed by atoms with E-state index in [1.165, 1.54) is 4.90 Å². The molecule has 1 fully saturated rings. The molecule has 1 atom stereocenters. The minimum absolute atomic E-state index is 0.113. The van der Waals surface area contributed by atoms with Gasteiger partial charge in [0.15, 0.2) is 0 Å². The summed E-state index contributed by atoms with van der Waals surface area (Å²) in [4.78, 5) is 48.9. The summed E-state index contributed by atoms with van der Waals surface area (Å²) in [5.74, 6) is -1.08. The molecular weight excluding hydrogens is 378 g/mol. The second-order valence-corrected chi connectivity index (χ2v) is 6.55. The molecule has 126 valence electrons. The van der Waals surface area contributed by atoms with Crippen molar-refractivity contribution in [2.45, 2.75) is 31.8 Å². The van der Waals surface area contributed by atoms with Gasteiger partial charge in [-0.05, 0) is 30.2 Å². The zero-order valence-corrected chi connectivity index (χ0v) is 14.4. The number of alkyl halides is 1. The molecule has 24 heavy (non-hydrogen) atoms. The lowest BCUT2D eigenvalue weighted by molar-refractivity contribution is -0.137. The van der Waals surface area contributed by atoms with Gasteiger partial charge in [-0.15, -0.1) is 0 Å². The fourth-order valence-electron chi connectivity index (χ4n) is 2.96. The van der Waals surface area contributed by atoms with Gasteiger partial charge in [-0.25, -0.2) is 0 Å². The van der Waals surface area contributed by atoms with Gasteiger partial charge in [-0.1, -0.05) is 15.9 Å². The number of carbonyl (C=O) groups excluding carboxylic acids is 4. The van der Waals surface area contributed by atoms with Crippen LogP contribution in [0.1, 0.15) is 35.2 Å². The average Bonchev–Trinajstić information content (AvgIpc) is 2.84. The van der Waals surface area contributed by atoms with Gasteiger partial charge in [0.2, 0.25) is 17.7 Å². The number of rotatable bonds is 4. The first kappa shape index (κ1) is 16.6. The molecular formula is C16H16BrN3O4. The molecule has 3 rings (SSSR count). The van der Waals surface area contributed by atoms with E-state index in [-0.39, 0.29) is 24.1 Å². The summed E-state index contributed by atoms with van der Waals surface area (Å²) in [5, 5.41) is 5.62. The minimum atomic E-state index is -0.631. The van der Waals surface area contributed by atoms with Crippen LogP contribution in [0.5, 0.6) is 0 Å². The molecule has 0 bridgehead atoms. The molecule has 0 saturated carbocycles. The van der Waals surface area contributed by atoms with Crippen LogP contribution in [-0.2, 0) is 20.9 Å². The monoisotopic (exact) mass is 393 g/mol. The highest BCUT2D eigenvalue weighted by atomic mass is 79.9. The van der Waals surface area contributed by atoms with Crippen molar-refractivity contribution in [1.29, 1.82) is 0 Å². The van der Waals surface area contributed by atoms with Gasteiger partial charge in [0.25, 0.3) is 5.91 Å². The number of benzene rings is 1. The smallest absolute Gasteiger partial charge is 0.255 e. The van der Waals surface area contributed by atoms with E-state index in [9.17, 15) is 19.2 Å². The lowest BCUT2D eigenvalue weighted by atomic mass is 10.0. The van der Waals surface area contributed by atoms with Crippen molar-refractivity contribution in [3.05, 3.63) is 29.3 Å². The van der Waals surface area contributed by atoms with Crippen LogP contribution < -0.4 is 10.6 Å². The van der Waals surface area contributed by atoms with Gasteiger partial charge in [0, 0.05) is 36.0 Å². The maximum atomic E-state index is 12.5. The van der Waals surface area contributed by atoms with Crippen LogP contribution in [-0.4, -0.2) is 39.9 Å². The molecule has 1 unspecified atom stereocenters. The number of hydrogen-bond acceptors (Lipinski definition) is 4. The third-order valence-electron chi connectivity index (χ3n) is 4.13. The molecule has 4 amide bonds.